The van der Waals surface area contributed by atoms with E-state index in [1.54, 1.807) is 0 Å². The van der Waals surface area contributed by atoms with Crippen molar-refractivity contribution in [2.24, 2.45) is 0 Å². The van der Waals surface area contributed by atoms with Crippen molar-refractivity contribution in [2.75, 3.05) is 39.3 Å². The van der Waals surface area contributed by atoms with E-state index in [4.69, 9.17) is 0 Å². The Kier molecular flexibility index (Phi) is 5.45. The molecule has 0 bridgehead atoms. The van der Waals surface area contributed by atoms with Crippen LogP contribution in [0.1, 0.15) is 39.0 Å². The van der Waals surface area contributed by atoms with E-state index < -0.39 is 0 Å². The summed E-state index contributed by atoms with van der Waals surface area (Å²) >= 11 is 0. The fourth-order valence-electron chi connectivity index (χ4n) is 3.10. The molecule has 1 atom stereocenters. The first-order valence-corrected chi connectivity index (χ1v) is 7.54. The van der Waals surface area contributed by atoms with Gasteiger partial charge >= 0.3 is 0 Å². The molecule has 0 saturated carbocycles. The summed E-state index contributed by atoms with van der Waals surface area (Å²) in [5, 5.41) is 3.35. The Morgan fingerprint density at radius 1 is 1.17 bits per heavy atom. The Morgan fingerprint density at radius 3 is 2.89 bits per heavy atom. The molecule has 0 aromatic carbocycles. The van der Waals surface area contributed by atoms with Crippen LogP contribution < -0.4 is 5.32 Å². The smallest absolute Gasteiger partial charge is 0.236 e. The molecule has 1 unspecified atom stereocenters. The van der Waals surface area contributed by atoms with E-state index in [0.717, 1.165) is 39.1 Å². The van der Waals surface area contributed by atoms with Crippen LogP contribution in [0.3, 0.4) is 0 Å². The first-order chi connectivity index (χ1) is 8.81. The van der Waals surface area contributed by atoms with Gasteiger partial charge in [0, 0.05) is 25.7 Å². The Balaban J connectivity index is 1.84. The molecule has 0 aliphatic carbocycles. The van der Waals surface area contributed by atoms with Gasteiger partial charge in [0.15, 0.2) is 0 Å². The predicted octanol–water partition coefficient (Wildman–Crippen LogP) is 1.07. The zero-order valence-electron chi connectivity index (χ0n) is 11.7. The van der Waals surface area contributed by atoms with E-state index in [1.165, 1.54) is 25.7 Å². The number of likely N-dealkylation sites (tertiary alicyclic amines) is 1. The Hall–Kier alpha value is -0.610. The molecule has 1 amide bonds. The van der Waals surface area contributed by atoms with Crippen molar-refractivity contribution in [3.8, 4) is 0 Å². The monoisotopic (exact) mass is 253 g/mol. The number of carbonyl (C=O) groups excluding carboxylic acids is 1. The first-order valence-electron chi connectivity index (χ1n) is 7.54. The third-order valence-corrected chi connectivity index (χ3v) is 4.25. The van der Waals surface area contributed by atoms with E-state index in [2.05, 4.69) is 17.1 Å². The first kappa shape index (κ1) is 13.8. The van der Waals surface area contributed by atoms with Gasteiger partial charge in [-0.1, -0.05) is 13.3 Å². The minimum absolute atomic E-state index is 0.332. The second-order valence-corrected chi connectivity index (χ2v) is 5.51. The van der Waals surface area contributed by atoms with E-state index in [1.807, 2.05) is 4.90 Å². The molecule has 0 spiro atoms. The molecule has 4 nitrogen and oxygen atoms in total. The van der Waals surface area contributed by atoms with Gasteiger partial charge in [-0.05, 0) is 38.8 Å². The van der Waals surface area contributed by atoms with Crippen LogP contribution in [0, 0.1) is 0 Å². The lowest BCUT2D eigenvalue weighted by Crippen LogP contribution is -2.47. The Morgan fingerprint density at radius 2 is 2.06 bits per heavy atom. The molecule has 2 aliphatic rings. The van der Waals surface area contributed by atoms with Crippen molar-refractivity contribution < 1.29 is 4.79 Å². The molecular weight excluding hydrogens is 226 g/mol. The highest BCUT2D eigenvalue weighted by atomic mass is 16.2. The SMILES string of the molecule is CCC1CCCCN1CC(=O)N1CCCNCC1. The van der Waals surface area contributed by atoms with Crippen molar-refractivity contribution in [1.29, 1.82) is 0 Å². The van der Waals surface area contributed by atoms with Gasteiger partial charge in [-0.25, -0.2) is 0 Å². The van der Waals surface area contributed by atoms with Gasteiger partial charge in [0.1, 0.15) is 0 Å². The molecule has 2 fully saturated rings. The number of carbonyl (C=O) groups is 1. The zero-order chi connectivity index (χ0) is 12.8. The number of hydrogen-bond donors (Lipinski definition) is 1. The Bertz CT molecular complexity index is 262. The van der Waals surface area contributed by atoms with Crippen LogP contribution in [0.4, 0.5) is 0 Å². The van der Waals surface area contributed by atoms with Crippen LogP contribution >= 0.6 is 0 Å². The van der Waals surface area contributed by atoms with Crippen LogP contribution in [0.5, 0.6) is 0 Å². The maximum atomic E-state index is 12.3. The van der Waals surface area contributed by atoms with Gasteiger partial charge < -0.3 is 10.2 Å². The molecule has 4 heteroatoms. The molecule has 0 aromatic heterocycles. The van der Waals surface area contributed by atoms with Crippen molar-refractivity contribution in [3.05, 3.63) is 0 Å². The molecule has 0 radical (unpaired) electrons. The second kappa shape index (κ2) is 7.10. The molecular formula is C14H27N3O. The van der Waals surface area contributed by atoms with Crippen LogP contribution in [0.15, 0.2) is 0 Å². The number of amides is 1. The molecule has 18 heavy (non-hydrogen) atoms. The summed E-state index contributed by atoms with van der Waals surface area (Å²) in [5.41, 5.74) is 0. The molecule has 2 saturated heterocycles. The van der Waals surface area contributed by atoms with Crippen LogP contribution in [-0.4, -0.2) is 61.0 Å². The largest absolute Gasteiger partial charge is 0.340 e. The van der Waals surface area contributed by atoms with Crippen LogP contribution in [-0.2, 0) is 4.79 Å². The summed E-state index contributed by atoms with van der Waals surface area (Å²) in [6, 6.07) is 0.632. The fourth-order valence-corrected chi connectivity index (χ4v) is 3.10. The highest BCUT2D eigenvalue weighted by molar-refractivity contribution is 5.78. The molecule has 2 aliphatic heterocycles. The second-order valence-electron chi connectivity index (χ2n) is 5.51. The average molecular weight is 253 g/mol. The third-order valence-electron chi connectivity index (χ3n) is 4.25. The molecule has 2 heterocycles. The van der Waals surface area contributed by atoms with Crippen molar-refractivity contribution in [3.63, 3.8) is 0 Å². The average Bonchev–Trinajstić information content (AvgIpc) is 2.68. The predicted molar refractivity (Wildman–Crippen MR) is 73.6 cm³/mol. The van der Waals surface area contributed by atoms with Gasteiger partial charge in [0.25, 0.3) is 0 Å². The highest BCUT2D eigenvalue weighted by Gasteiger charge is 2.25. The molecule has 2 rings (SSSR count). The highest BCUT2D eigenvalue weighted by Crippen LogP contribution is 2.19. The third kappa shape index (κ3) is 3.69. The number of rotatable bonds is 3. The van der Waals surface area contributed by atoms with E-state index in [-0.39, 0.29) is 0 Å². The lowest BCUT2D eigenvalue weighted by atomic mass is 10.00. The number of hydrogen-bond acceptors (Lipinski definition) is 3. The quantitative estimate of drug-likeness (QED) is 0.817. The zero-order valence-corrected chi connectivity index (χ0v) is 11.7. The van der Waals surface area contributed by atoms with E-state index >= 15 is 0 Å². The molecule has 1 N–H and O–H groups in total. The van der Waals surface area contributed by atoms with Crippen LogP contribution in [0.2, 0.25) is 0 Å². The minimum Gasteiger partial charge on any atom is -0.340 e. The maximum absolute atomic E-state index is 12.3. The molecule has 0 aromatic rings. The lowest BCUT2D eigenvalue weighted by Gasteiger charge is -2.35. The number of nitrogens with zero attached hydrogens (tertiary/aromatic N) is 2. The van der Waals surface area contributed by atoms with Crippen LogP contribution in [0.25, 0.3) is 0 Å². The minimum atomic E-state index is 0.332. The van der Waals surface area contributed by atoms with E-state index in [9.17, 15) is 4.79 Å². The summed E-state index contributed by atoms with van der Waals surface area (Å²) in [6.45, 7) is 7.78. The number of piperidine rings is 1. The number of nitrogens with one attached hydrogen (secondary N) is 1. The summed E-state index contributed by atoms with van der Waals surface area (Å²) in [5.74, 6) is 0.332. The van der Waals surface area contributed by atoms with Gasteiger partial charge in [0.2, 0.25) is 5.91 Å². The summed E-state index contributed by atoms with van der Waals surface area (Å²) in [6.07, 6.45) is 6.12. The van der Waals surface area contributed by atoms with Gasteiger partial charge in [-0.2, -0.15) is 0 Å². The van der Waals surface area contributed by atoms with Gasteiger partial charge in [-0.3, -0.25) is 9.69 Å². The fraction of sp³-hybridized carbons (Fsp3) is 0.929. The summed E-state index contributed by atoms with van der Waals surface area (Å²) in [4.78, 5) is 16.8. The Labute approximate surface area is 111 Å². The summed E-state index contributed by atoms with van der Waals surface area (Å²) in [7, 11) is 0. The normalized spacial score (nSPS) is 26.9. The maximum Gasteiger partial charge on any atom is 0.236 e. The lowest BCUT2D eigenvalue weighted by molar-refractivity contribution is -0.133. The van der Waals surface area contributed by atoms with Crippen molar-refractivity contribution in [2.45, 2.75) is 45.1 Å². The molecule has 104 valence electrons. The van der Waals surface area contributed by atoms with Gasteiger partial charge in [0.05, 0.1) is 6.54 Å². The topological polar surface area (TPSA) is 35.6 Å². The van der Waals surface area contributed by atoms with Gasteiger partial charge in [-0.15, -0.1) is 0 Å². The standard InChI is InChI=1S/C14H27N3O/c1-2-13-6-3-4-9-17(13)12-14(18)16-10-5-7-15-8-11-16/h13,15H,2-12H2,1H3. The van der Waals surface area contributed by atoms with Crippen molar-refractivity contribution in [1.82, 2.24) is 15.1 Å². The van der Waals surface area contributed by atoms with Crippen molar-refractivity contribution >= 4 is 5.91 Å². The summed E-state index contributed by atoms with van der Waals surface area (Å²) < 4.78 is 0. The van der Waals surface area contributed by atoms with E-state index in [0.29, 0.717) is 18.5 Å².